The molecule has 0 aliphatic carbocycles. The van der Waals surface area contributed by atoms with Crippen molar-refractivity contribution in [2.24, 2.45) is 0 Å². The van der Waals surface area contributed by atoms with Gasteiger partial charge in [-0.25, -0.2) is 4.79 Å². The van der Waals surface area contributed by atoms with Crippen LogP contribution in [0.25, 0.3) is 0 Å². The molecule has 126 valence electrons. The van der Waals surface area contributed by atoms with Crippen LogP contribution in [-0.2, 0) is 4.74 Å². The lowest BCUT2D eigenvalue weighted by molar-refractivity contribution is 0.0592. The van der Waals surface area contributed by atoms with E-state index in [1.807, 2.05) is 6.07 Å². The van der Waals surface area contributed by atoms with Gasteiger partial charge < -0.3 is 9.64 Å². The second-order valence-corrected chi connectivity index (χ2v) is 6.46. The number of methoxy groups -OCH3 is 1. The van der Waals surface area contributed by atoms with E-state index in [-0.39, 0.29) is 5.69 Å². The monoisotopic (exact) mass is 318 g/mol. The molecule has 0 aromatic carbocycles. The van der Waals surface area contributed by atoms with E-state index in [4.69, 9.17) is 0 Å². The standard InChI is InChI=1S/C17H26N4O2/c1-23-17(22)15-8-9-16(19-18-15)21-12-6-7-14(13-21)20-10-4-2-3-5-11-20/h8-9,14H,2-7,10-13H2,1H3. The molecule has 1 unspecified atom stereocenters. The van der Waals surface area contributed by atoms with Crippen LogP contribution in [0.2, 0.25) is 0 Å². The summed E-state index contributed by atoms with van der Waals surface area (Å²) in [4.78, 5) is 16.4. The molecule has 0 N–H and O–H groups in total. The fraction of sp³-hybridized carbons (Fsp3) is 0.706. The van der Waals surface area contributed by atoms with Crippen LogP contribution in [0.15, 0.2) is 12.1 Å². The van der Waals surface area contributed by atoms with Crippen molar-refractivity contribution in [3.05, 3.63) is 17.8 Å². The van der Waals surface area contributed by atoms with Gasteiger partial charge in [-0.2, -0.15) is 0 Å². The molecule has 0 amide bonds. The number of nitrogens with zero attached hydrogens (tertiary/aromatic N) is 4. The molecule has 3 rings (SSSR count). The Balaban J connectivity index is 1.64. The minimum absolute atomic E-state index is 0.261. The molecule has 0 radical (unpaired) electrons. The van der Waals surface area contributed by atoms with Gasteiger partial charge in [0.2, 0.25) is 0 Å². The van der Waals surface area contributed by atoms with Gasteiger partial charge >= 0.3 is 5.97 Å². The Morgan fingerprint density at radius 2 is 1.87 bits per heavy atom. The van der Waals surface area contributed by atoms with Crippen molar-refractivity contribution in [3.63, 3.8) is 0 Å². The van der Waals surface area contributed by atoms with Crippen molar-refractivity contribution >= 4 is 11.8 Å². The fourth-order valence-electron chi connectivity index (χ4n) is 3.63. The van der Waals surface area contributed by atoms with Crippen molar-refractivity contribution in [2.45, 2.75) is 44.6 Å². The maximum absolute atomic E-state index is 11.4. The zero-order valence-corrected chi connectivity index (χ0v) is 13.9. The number of carbonyl (C=O) groups excluding carboxylic acids is 1. The van der Waals surface area contributed by atoms with E-state index in [0.29, 0.717) is 6.04 Å². The molecular formula is C17H26N4O2. The Morgan fingerprint density at radius 1 is 1.09 bits per heavy atom. The first-order valence-electron chi connectivity index (χ1n) is 8.69. The third-order valence-corrected chi connectivity index (χ3v) is 4.92. The highest BCUT2D eigenvalue weighted by molar-refractivity contribution is 5.86. The van der Waals surface area contributed by atoms with Crippen LogP contribution >= 0.6 is 0 Å². The predicted octanol–water partition coefficient (Wildman–Crippen LogP) is 2.11. The van der Waals surface area contributed by atoms with Gasteiger partial charge in [-0.3, -0.25) is 4.90 Å². The molecular weight excluding hydrogens is 292 g/mol. The molecule has 2 saturated heterocycles. The van der Waals surface area contributed by atoms with Gasteiger partial charge in [-0.15, -0.1) is 10.2 Å². The largest absolute Gasteiger partial charge is 0.464 e. The summed E-state index contributed by atoms with van der Waals surface area (Å²) in [6.07, 6.45) is 7.83. The molecule has 3 heterocycles. The highest BCUT2D eigenvalue weighted by Crippen LogP contribution is 2.23. The van der Waals surface area contributed by atoms with E-state index in [1.165, 1.54) is 58.7 Å². The average molecular weight is 318 g/mol. The molecule has 1 atom stereocenters. The molecule has 6 nitrogen and oxygen atoms in total. The zero-order valence-electron chi connectivity index (χ0n) is 13.9. The summed E-state index contributed by atoms with van der Waals surface area (Å²) in [6, 6.07) is 4.19. The van der Waals surface area contributed by atoms with Crippen molar-refractivity contribution in [1.29, 1.82) is 0 Å². The number of rotatable bonds is 3. The first kappa shape index (κ1) is 16.2. The zero-order chi connectivity index (χ0) is 16.1. The van der Waals surface area contributed by atoms with Crippen molar-refractivity contribution in [1.82, 2.24) is 15.1 Å². The molecule has 23 heavy (non-hydrogen) atoms. The molecule has 2 aliphatic rings. The van der Waals surface area contributed by atoms with Gasteiger partial charge in [-0.1, -0.05) is 12.8 Å². The summed E-state index contributed by atoms with van der Waals surface area (Å²) in [7, 11) is 1.36. The topological polar surface area (TPSA) is 58.6 Å². The number of hydrogen-bond acceptors (Lipinski definition) is 6. The minimum atomic E-state index is -0.440. The lowest BCUT2D eigenvalue weighted by atomic mass is 10.0. The van der Waals surface area contributed by atoms with E-state index in [9.17, 15) is 4.79 Å². The first-order valence-corrected chi connectivity index (χ1v) is 8.69. The van der Waals surface area contributed by atoms with Crippen LogP contribution in [0, 0.1) is 0 Å². The Bertz CT molecular complexity index is 512. The van der Waals surface area contributed by atoms with Crippen LogP contribution in [-0.4, -0.2) is 60.4 Å². The van der Waals surface area contributed by atoms with Gasteiger partial charge in [-0.05, 0) is 50.9 Å². The van der Waals surface area contributed by atoms with Gasteiger partial charge in [0.05, 0.1) is 7.11 Å². The van der Waals surface area contributed by atoms with Gasteiger partial charge in [0, 0.05) is 19.1 Å². The van der Waals surface area contributed by atoms with Crippen molar-refractivity contribution in [2.75, 3.05) is 38.2 Å². The number of anilines is 1. The summed E-state index contributed by atoms with van der Waals surface area (Å²) >= 11 is 0. The Labute approximate surface area is 137 Å². The van der Waals surface area contributed by atoms with Crippen molar-refractivity contribution in [3.8, 4) is 0 Å². The van der Waals surface area contributed by atoms with E-state index in [1.54, 1.807) is 6.07 Å². The first-order chi connectivity index (χ1) is 11.3. The summed E-state index contributed by atoms with van der Waals surface area (Å²) < 4.78 is 4.67. The van der Waals surface area contributed by atoms with Gasteiger partial charge in [0.15, 0.2) is 11.5 Å². The molecule has 0 saturated carbocycles. The quantitative estimate of drug-likeness (QED) is 0.796. The highest BCUT2D eigenvalue weighted by atomic mass is 16.5. The Hall–Kier alpha value is -1.69. The second-order valence-electron chi connectivity index (χ2n) is 6.46. The number of ether oxygens (including phenoxy) is 1. The highest BCUT2D eigenvalue weighted by Gasteiger charge is 2.26. The van der Waals surface area contributed by atoms with Crippen LogP contribution in [0.4, 0.5) is 5.82 Å². The van der Waals surface area contributed by atoms with Gasteiger partial charge in [0.25, 0.3) is 0 Å². The number of carbonyl (C=O) groups is 1. The van der Waals surface area contributed by atoms with E-state index >= 15 is 0 Å². The van der Waals surface area contributed by atoms with Crippen LogP contribution in [0.5, 0.6) is 0 Å². The summed E-state index contributed by atoms with van der Waals surface area (Å²) in [6.45, 7) is 4.47. The molecule has 0 bridgehead atoms. The summed E-state index contributed by atoms with van der Waals surface area (Å²) in [5.74, 6) is 0.419. The number of likely N-dealkylation sites (tertiary alicyclic amines) is 1. The number of piperidine rings is 1. The Kier molecular flexibility index (Phi) is 5.43. The normalized spacial score (nSPS) is 23.3. The average Bonchev–Trinajstić information content (AvgIpc) is 2.91. The minimum Gasteiger partial charge on any atom is -0.464 e. The maximum Gasteiger partial charge on any atom is 0.358 e. The summed E-state index contributed by atoms with van der Waals surface area (Å²) in [5, 5.41) is 8.22. The lowest BCUT2D eigenvalue weighted by Gasteiger charge is -2.39. The maximum atomic E-state index is 11.4. The summed E-state index contributed by atoms with van der Waals surface area (Å²) in [5.41, 5.74) is 0.261. The fourth-order valence-corrected chi connectivity index (χ4v) is 3.63. The Morgan fingerprint density at radius 3 is 2.52 bits per heavy atom. The van der Waals surface area contributed by atoms with E-state index in [0.717, 1.165) is 18.9 Å². The lowest BCUT2D eigenvalue weighted by Crippen LogP contribution is -2.48. The third kappa shape index (κ3) is 3.99. The molecule has 2 aliphatic heterocycles. The molecule has 0 spiro atoms. The molecule has 6 heteroatoms. The van der Waals surface area contributed by atoms with Crippen LogP contribution in [0.3, 0.4) is 0 Å². The van der Waals surface area contributed by atoms with E-state index < -0.39 is 5.97 Å². The second kappa shape index (κ2) is 7.73. The van der Waals surface area contributed by atoms with Crippen LogP contribution in [0.1, 0.15) is 49.0 Å². The number of hydrogen-bond donors (Lipinski definition) is 0. The molecule has 1 aromatic heterocycles. The SMILES string of the molecule is COC(=O)c1ccc(N2CCCC(N3CCCCCC3)C2)nn1. The van der Waals surface area contributed by atoms with Crippen LogP contribution < -0.4 is 4.90 Å². The van der Waals surface area contributed by atoms with E-state index in [2.05, 4.69) is 24.7 Å². The number of esters is 1. The predicted molar refractivity (Wildman–Crippen MR) is 88.6 cm³/mol. The number of aromatic nitrogens is 2. The smallest absolute Gasteiger partial charge is 0.358 e. The molecule has 2 fully saturated rings. The third-order valence-electron chi connectivity index (χ3n) is 4.92. The van der Waals surface area contributed by atoms with Gasteiger partial charge in [0.1, 0.15) is 0 Å². The molecule has 1 aromatic rings. The van der Waals surface area contributed by atoms with Crippen molar-refractivity contribution < 1.29 is 9.53 Å².